The average molecular weight is 689 g/mol. The first-order valence-corrected chi connectivity index (χ1v) is 17.0. The topological polar surface area (TPSA) is 70.7 Å². The van der Waals surface area contributed by atoms with E-state index in [-0.39, 0.29) is 18.1 Å². The maximum absolute atomic E-state index is 13.8. The Kier molecular flexibility index (Phi) is 8.86. The minimum absolute atomic E-state index is 0.182. The van der Waals surface area contributed by atoms with Gasteiger partial charge in [-0.2, -0.15) is 0 Å². The zero-order valence-corrected chi connectivity index (χ0v) is 30.1. The van der Waals surface area contributed by atoms with Gasteiger partial charge in [-0.15, -0.1) is 0 Å². The monoisotopic (exact) mass is 688 g/mol. The Labute approximate surface area is 303 Å². The number of carbonyl (C=O) groups is 3. The number of nitrogens with zero attached hydrogens (tertiary/aromatic N) is 6. The van der Waals surface area contributed by atoms with Crippen LogP contribution in [0.4, 0.5) is 48.5 Å². The molecule has 0 saturated heterocycles. The number of hydrogen-bond acceptors (Lipinski definition) is 3. The van der Waals surface area contributed by atoms with Crippen molar-refractivity contribution in [3.63, 3.8) is 0 Å². The fourth-order valence-electron chi connectivity index (χ4n) is 6.79. The molecule has 7 aromatic carbocycles. The number of amides is 6. The van der Waals surface area contributed by atoms with Gasteiger partial charge < -0.3 is 0 Å². The van der Waals surface area contributed by atoms with Gasteiger partial charge in [0, 0.05) is 76.1 Å². The van der Waals surface area contributed by atoms with Crippen molar-refractivity contribution in [3.8, 4) is 0 Å². The van der Waals surface area contributed by atoms with Crippen LogP contribution in [0.1, 0.15) is 0 Å². The van der Waals surface area contributed by atoms with E-state index in [0.29, 0.717) is 22.7 Å². The molecule has 260 valence electrons. The van der Waals surface area contributed by atoms with Crippen LogP contribution in [0, 0.1) is 0 Å². The summed E-state index contributed by atoms with van der Waals surface area (Å²) in [6, 6.07) is 42.3. The third kappa shape index (κ3) is 5.96. The highest BCUT2D eigenvalue weighted by atomic mass is 16.2. The van der Waals surface area contributed by atoms with Crippen molar-refractivity contribution in [2.45, 2.75) is 0 Å². The fourth-order valence-corrected chi connectivity index (χ4v) is 6.79. The van der Waals surface area contributed by atoms with Crippen LogP contribution in [0.2, 0.25) is 0 Å². The largest absolute Gasteiger partial charge is 0.328 e. The van der Waals surface area contributed by atoms with E-state index in [2.05, 4.69) is 48.5 Å². The van der Waals surface area contributed by atoms with Crippen LogP contribution in [0.25, 0.3) is 32.3 Å². The first-order chi connectivity index (χ1) is 25.0. The fraction of sp³-hybridized carbons (Fsp3) is 0.140. The molecule has 0 aliphatic heterocycles. The number of para-hydroxylation sites is 1. The van der Waals surface area contributed by atoms with E-state index in [0.717, 1.165) is 27.5 Å². The molecular weight excluding hydrogens is 649 g/mol. The summed E-state index contributed by atoms with van der Waals surface area (Å²) < 4.78 is 0. The predicted molar refractivity (Wildman–Crippen MR) is 216 cm³/mol. The molecule has 7 rings (SSSR count). The summed E-state index contributed by atoms with van der Waals surface area (Å²) in [5.41, 5.74) is 4.37. The Morgan fingerprint density at radius 1 is 0.327 bits per heavy atom. The van der Waals surface area contributed by atoms with E-state index in [1.165, 1.54) is 16.2 Å². The van der Waals surface area contributed by atoms with Crippen LogP contribution in [-0.2, 0) is 0 Å². The van der Waals surface area contributed by atoms with Crippen LogP contribution >= 0.6 is 0 Å². The standard InChI is InChI=1S/C43H40N6O3/c1-44(32-13-8-7-9-14-32)41(50)45(2)33-19-21-34(22-20-33)46(3)42(51)47(4)35-23-25-36(26-24-35)48(5)43(52)49(6)38-28-18-31-16-15-29-11-10-12-30-17-27-37(38)40(31)39(29)30/h7-28H,1-6H3. The van der Waals surface area contributed by atoms with Gasteiger partial charge in [-0.3, -0.25) is 29.4 Å². The lowest BCUT2D eigenvalue weighted by atomic mass is 9.93. The van der Waals surface area contributed by atoms with Crippen LogP contribution in [-0.4, -0.2) is 60.4 Å². The highest BCUT2D eigenvalue weighted by molar-refractivity contribution is 6.26. The predicted octanol–water partition coefficient (Wildman–Crippen LogP) is 9.66. The molecule has 52 heavy (non-hydrogen) atoms. The summed E-state index contributed by atoms with van der Waals surface area (Å²) >= 11 is 0. The van der Waals surface area contributed by atoms with E-state index in [1.54, 1.807) is 71.7 Å². The second-order valence-electron chi connectivity index (χ2n) is 13.0. The molecule has 0 aliphatic rings. The average Bonchev–Trinajstić information content (AvgIpc) is 3.20. The maximum atomic E-state index is 13.8. The highest BCUT2D eigenvalue weighted by Gasteiger charge is 2.23. The molecule has 0 radical (unpaired) electrons. The zero-order chi connectivity index (χ0) is 36.7. The quantitative estimate of drug-likeness (QED) is 0.163. The van der Waals surface area contributed by atoms with E-state index in [4.69, 9.17) is 0 Å². The molecule has 0 spiro atoms. The number of carbonyl (C=O) groups excluding carboxylic acids is 3. The molecule has 0 atom stereocenters. The molecule has 0 saturated carbocycles. The number of benzene rings is 7. The van der Waals surface area contributed by atoms with Crippen LogP contribution in [0.5, 0.6) is 0 Å². The summed E-state index contributed by atoms with van der Waals surface area (Å²) in [5, 5.41) is 6.88. The molecule has 9 nitrogen and oxygen atoms in total. The molecule has 0 fully saturated rings. The van der Waals surface area contributed by atoms with Crippen molar-refractivity contribution in [2.24, 2.45) is 0 Å². The van der Waals surface area contributed by atoms with Crippen LogP contribution in [0.3, 0.4) is 0 Å². The van der Waals surface area contributed by atoms with Crippen LogP contribution in [0.15, 0.2) is 133 Å². The normalized spacial score (nSPS) is 11.1. The van der Waals surface area contributed by atoms with Gasteiger partial charge in [0.05, 0.1) is 5.69 Å². The van der Waals surface area contributed by atoms with Gasteiger partial charge in [-0.1, -0.05) is 66.7 Å². The molecule has 0 unspecified atom stereocenters. The number of anilines is 6. The van der Waals surface area contributed by atoms with Crippen molar-refractivity contribution in [2.75, 3.05) is 71.7 Å². The number of hydrogen-bond donors (Lipinski definition) is 0. The lowest BCUT2D eigenvalue weighted by Crippen LogP contribution is -2.40. The Bertz CT molecular complexity index is 2400. The molecule has 9 heteroatoms. The van der Waals surface area contributed by atoms with Crippen molar-refractivity contribution in [1.82, 2.24) is 0 Å². The van der Waals surface area contributed by atoms with Gasteiger partial charge in [0.15, 0.2) is 0 Å². The molecule has 0 N–H and O–H groups in total. The molecule has 6 amide bonds. The SMILES string of the molecule is CN(C(=O)N(C)c1ccc(N(C)C(=O)N(C)c2ccc(N(C)C(=O)N(C)c3ccc4ccc5cccc6ccc3c4c56)cc2)cc1)c1ccccc1. The molecule has 0 aliphatic carbocycles. The van der Waals surface area contributed by atoms with Crippen molar-refractivity contribution < 1.29 is 14.4 Å². The third-order valence-electron chi connectivity index (χ3n) is 9.98. The van der Waals surface area contributed by atoms with E-state index >= 15 is 0 Å². The van der Waals surface area contributed by atoms with Gasteiger partial charge in [0.1, 0.15) is 0 Å². The van der Waals surface area contributed by atoms with E-state index < -0.39 is 0 Å². The highest BCUT2D eigenvalue weighted by Crippen LogP contribution is 2.39. The third-order valence-corrected chi connectivity index (χ3v) is 9.98. The Morgan fingerprint density at radius 3 is 1.12 bits per heavy atom. The summed E-state index contributed by atoms with van der Waals surface area (Å²) in [7, 11) is 10.4. The Morgan fingerprint density at radius 2 is 0.673 bits per heavy atom. The zero-order valence-electron chi connectivity index (χ0n) is 30.1. The van der Waals surface area contributed by atoms with Gasteiger partial charge in [-0.25, -0.2) is 14.4 Å². The number of rotatable bonds is 6. The maximum Gasteiger partial charge on any atom is 0.328 e. The second kappa shape index (κ2) is 13.6. The van der Waals surface area contributed by atoms with Crippen molar-refractivity contribution in [3.05, 3.63) is 133 Å². The first kappa shape index (κ1) is 33.9. The van der Waals surface area contributed by atoms with Crippen molar-refractivity contribution in [1.29, 1.82) is 0 Å². The molecular formula is C43H40N6O3. The van der Waals surface area contributed by atoms with E-state index in [9.17, 15) is 14.4 Å². The smallest absolute Gasteiger partial charge is 0.297 e. The minimum atomic E-state index is -0.244. The minimum Gasteiger partial charge on any atom is -0.297 e. The summed E-state index contributed by atoms with van der Waals surface area (Å²) in [4.78, 5) is 50.0. The van der Waals surface area contributed by atoms with Gasteiger partial charge in [0.2, 0.25) is 0 Å². The summed E-state index contributed by atoms with van der Waals surface area (Å²) in [5.74, 6) is 0. The lowest BCUT2D eigenvalue weighted by molar-refractivity contribution is 0.253. The molecule has 0 aromatic heterocycles. The van der Waals surface area contributed by atoms with Crippen molar-refractivity contribution >= 4 is 84.5 Å². The first-order valence-electron chi connectivity index (χ1n) is 17.0. The lowest BCUT2D eigenvalue weighted by Gasteiger charge is -2.28. The second-order valence-corrected chi connectivity index (χ2v) is 13.0. The Balaban J connectivity index is 1.02. The van der Waals surface area contributed by atoms with E-state index in [1.807, 2.05) is 84.9 Å². The van der Waals surface area contributed by atoms with Gasteiger partial charge in [0.25, 0.3) is 0 Å². The number of urea groups is 3. The van der Waals surface area contributed by atoms with Gasteiger partial charge >= 0.3 is 18.1 Å². The van der Waals surface area contributed by atoms with Crippen LogP contribution < -0.4 is 29.4 Å². The summed E-state index contributed by atoms with van der Waals surface area (Å²) in [6.45, 7) is 0. The Hall–Kier alpha value is -6.61. The van der Waals surface area contributed by atoms with Gasteiger partial charge in [-0.05, 0) is 93.7 Å². The summed E-state index contributed by atoms with van der Waals surface area (Å²) in [6.07, 6.45) is 0. The molecule has 0 heterocycles. The molecule has 0 bridgehead atoms. The molecule has 7 aromatic rings.